The first-order valence-electron chi connectivity index (χ1n) is 6.06. The molecule has 1 rings (SSSR count). The van der Waals surface area contributed by atoms with Gasteiger partial charge in [-0.25, -0.2) is 0 Å². The highest BCUT2D eigenvalue weighted by Gasteiger charge is 2.17. The number of benzene rings is 1. The Morgan fingerprint density at radius 3 is 2.37 bits per heavy atom. The summed E-state index contributed by atoms with van der Waals surface area (Å²) in [6, 6.07) is 6.83. The summed E-state index contributed by atoms with van der Waals surface area (Å²) in [7, 11) is 0. The van der Waals surface area contributed by atoms with Gasteiger partial charge in [0.05, 0.1) is 12.5 Å². The first kappa shape index (κ1) is 15.8. The van der Waals surface area contributed by atoms with Crippen LogP contribution in [0, 0.1) is 17.2 Å². The van der Waals surface area contributed by atoms with Crippen LogP contribution in [0.1, 0.15) is 30.6 Å². The number of hydrogen-bond donors (Lipinski definition) is 0. The zero-order chi connectivity index (χ0) is 14.4. The zero-order valence-corrected chi connectivity index (χ0v) is 12.5. The summed E-state index contributed by atoms with van der Waals surface area (Å²) in [5.74, 6) is 0.186. The van der Waals surface area contributed by atoms with E-state index < -0.39 is 0 Å². The summed E-state index contributed by atoms with van der Waals surface area (Å²) in [6.45, 7) is 5.07. The van der Waals surface area contributed by atoms with Gasteiger partial charge in [0.2, 0.25) is 0 Å². The van der Waals surface area contributed by atoms with Gasteiger partial charge in [-0.3, -0.25) is 4.79 Å². The molecule has 0 saturated heterocycles. The third-order valence-electron chi connectivity index (χ3n) is 2.48. The molecular weight excluding hydrogens is 283 g/mol. The number of rotatable bonds is 5. The van der Waals surface area contributed by atoms with E-state index in [1.54, 1.807) is 23.1 Å². The number of halogens is 2. The first-order chi connectivity index (χ1) is 8.93. The van der Waals surface area contributed by atoms with E-state index in [0.717, 1.165) is 0 Å². The highest BCUT2D eigenvalue weighted by atomic mass is 35.5. The van der Waals surface area contributed by atoms with Gasteiger partial charge in [0.25, 0.3) is 5.91 Å². The van der Waals surface area contributed by atoms with Crippen molar-refractivity contribution in [3.05, 3.63) is 33.8 Å². The minimum Gasteiger partial charge on any atom is -0.337 e. The third-order valence-corrected chi connectivity index (χ3v) is 2.91. The monoisotopic (exact) mass is 298 g/mol. The van der Waals surface area contributed by atoms with Crippen molar-refractivity contribution >= 4 is 29.1 Å². The van der Waals surface area contributed by atoms with Crippen molar-refractivity contribution in [3.8, 4) is 6.07 Å². The Kier molecular flexibility index (Phi) is 6.14. The van der Waals surface area contributed by atoms with Crippen LogP contribution in [0.5, 0.6) is 0 Å². The number of carbonyl (C=O) groups excluding carboxylic acids is 1. The fourth-order valence-corrected chi connectivity index (χ4v) is 2.29. The summed E-state index contributed by atoms with van der Waals surface area (Å²) in [5.41, 5.74) is 0.455. The van der Waals surface area contributed by atoms with Crippen molar-refractivity contribution in [1.82, 2.24) is 4.90 Å². The predicted molar refractivity (Wildman–Crippen MR) is 77.4 cm³/mol. The van der Waals surface area contributed by atoms with Crippen LogP contribution in [0.3, 0.4) is 0 Å². The van der Waals surface area contributed by atoms with Gasteiger partial charge in [-0.1, -0.05) is 37.0 Å². The van der Waals surface area contributed by atoms with Crippen molar-refractivity contribution < 1.29 is 4.79 Å². The lowest BCUT2D eigenvalue weighted by molar-refractivity contribution is 0.0740. The molecule has 0 radical (unpaired) electrons. The van der Waals surface area contributed by atoms with E-state index in [-0.39, 0.29) is 5.91 Å². The lowest BCUT2D eigenvalue weighted by Gasteiger charge is -2.23. The van der Waals surface area contributed by atoms with E-state index in [4.69, 9.17) is 28.5 Å². The molecule has 0 N–H and O–H groups in total. The Morgan fingerprint density at radius 2 is 1.89 bits per heavy atom. The number of nitriles is 1. The molecule has 0 bridgehead atoms. The molecule has 102 valence electrons. The van der Waals surface area contributed by atoms with Crippen molar-refractivity contribution in [3.63, 3.8) is 0 Å². The lowest BCUT2D eigenvalue weighted by atomic mass is 10.1. The predicted octanol–water partition coefficient (Wildman–Crippen LogP) is 4.01. The quantitative estimate of drug-likeness (QED) is 0.824. The van der Waals surface area contributed by atoms with Crippen molar-refractivity contribution in [2.24, 2.45) is 5.92 Å². The minimum absolute atomic E-state index is 0.145. The Bertz CT molecular complexity index is 474. The Morgan fingerprint density at radius 1 is 1.32 bits per heavy atom. The number of hydrogen-bond acceptors (Lipinski definition) is 2. The minimum atomic E-state index is -0.145. The van der Waals surface area contributed by atoms with Crippen molar-refractivity contribution in [1.29, 1.82) is 5.26 Å². The lowest BCUT2D eigenvalue weighted by Crippen LogP contribution is -2.35. The van der Waals surface area contributed by atoms with Gasteiger partial charge >= 0.3 is 0 Å². The second kappa shape index (κ2) is 7.37. The van der Waals surface area contributed by atoms with Crippen LogP contribution in [-0.2, 0) is 0 Å². The summed E-state index contributed by atoms with van der Waals surface area (Å²) in [6.07, 6.45) is 0.312. The fraction of sp³-hybridized carbons (Fsp3) is 0.429. The van der Waals surface area contributed by atoms with Crippen molar-refractivity contribution in [2.75, 3.05) is 13.1 Å². The van der Waals surface area contributed by atoms with Gasteiger partial charge in [0, 0.05) is 28.7 Å². The number of amides is 1. The largest absolute Gasteiger partial charge is 0.337 e. The number of nitrogens with zero attached hydrogens (tertiary/aromatic N) is 2. The first-order valence-corrected chi connectivity index (χ1v) is 6.82. The van der Waals surface area contributed by atoms with E-state index in [2.05, 4.69) is 6.07 Å². The second-order valence-electron chi connectivity index (χ2n) is 4.71. The topological polar surface area (TPSA) is 44.1 Å². The highest BCUT2D eigenvalue weighted by Crippen LogP contribution is 2.20. The van der Waals surface area contributed by atoms with Crippen molar-refractivity contribution in [2.45, 2.75) is 20.3 Å². The average Bonchev–Trinajstić information content (AvgIpc) is 2.32. The Hall–Kier alpha value is -1.24. The molecule has 0 aromatic heterocycles. The highest BCUT2D eigenvalue weighted by molar-refractivity contribution is 6.35. The molecule has 0 saturated carbocycles. The van der Waals surface area contributed by atoms with E-state index >= 15 is 0 Å². The van der Waals surface area contributed by atoms with Crippen LogP contribution < -0.4 is 0 Å². The van der Waals surface area contributed by atoms with E-state index in [9.17, 15) is 4.79 Å². The van der Waals surface area contributed by atoms with Crippen LogP contribution in [-0.4, -0.2) is 23.9 Å². The molecule has 0 fully saturated rings. The molecule has 0 aliphatic heterocycles. The smallest absolute Gasteiger partial charge is 0.253 e. The molecule has 1 aromatic rings. The maximum Gasteiger partial charge on any atom is 0.253 e. The van der Waals surface area contributed by atoms with Gasteiger partial charge in [0.15, 0.2) is 0 Å². The molecular formula is C14H16Cl2N2O. The van der Waals surface area contributed by atoms with Gasteiger partial charge in [0.1, 0.15) is 0 Å². The van der Waals surface area contributed by atoms with Crippen LogP contribution in [0.15, 0.2) is 18.2 Å². The Balaban J connectivity index is 2.94. The summed E-state index contributed by atoms with van der Waals surface area (Å²) < 4.78 is 0. The molecule has 0 spiro atoms. The average molecular weight is 299 g/mol. The number of carbonyl (C=O) groups is 1. The van der Waals surface area contributed by atoms with E-state index in [1.807, 2.05) is 13.8 Å². The maximum absolute atomic E-state index is 12.4. The molecule has 0 atom stereocenters. The van der Waals surface area contributed by atoms with Gasteiger partial charge < -0.3 is 4.90 Å². The van der Waals surface area contributed by atoms with E-state index in [1.165, 1.54) is 0 Å². The zero-order valence-electron chi connectivity index (χ0n) is 11.0. The van der Waals surface area contributed by atoms with Gasteiger partial charge in [-0.15, -0.1) is 0 Å². The summed E-state index contributed by atoms with van der Waals surface area (Å²) in [5, 5.41) is 9.52. The Labute approximate surface area is 123 Å². The standard InChI is InChI=1S/C14H16Cl2N2O/c1-10(2)9-18(5-3-4-17)14(19)11-6-12(15)8-13(16)7-11/h6-8,10H,3,5,9H2,1-2H3. The van der Waals surface area contributed by atoms with Crippen LogP contribution in [0.4, 0.5) is 0 Å². The molecule has 0 heterocycles. The van der Waals surface area contributed by atoms with Crippen LogP contribution in [0.25, 0.3) is 0 Å². The normalized spacial score (nSPS) is 10.3. The summed E-state index contributed by atoms with van der Waals surface area (Å²) in [4.78, 5) is 14.1. The SMILES string of the molecule is CC(C)CN(CCC#N)C(=O)c1cc(Cl)cc(Cl)c1. The molecule has 19 heavy (non-hydrogen) atoms. The van der Waals surface area contributed by atoms with Gasteiger partial charge in [-0.05, 0) is 24.1 Å². The molecule has 3 nitrogen and oxygen atoms in total. The molecule has 0 unspecified atom stereocenters. The molecule has 1 aromatic carbocycles. The van der Waals surface area contributed by atoms with E-state index in [0.29, 0.717) is 41.0 Å². The molecule has 1 amide bonds. The van der Waals surface area contributed by atoms with Crippen LogP contribution >= 0.6 is 23.2 Å². The summed E-state index contributed by atoms with van der Waals surface area (Å²) >= 11 is 11.8. The van der Waals surface area contributed by atoms with Crippen LogP contribution in [0.2, 0.25) is 10.0 Å². The molecule has 5 heteroatoms. The third kappa shape index (κ3) is 5.10. The maximum atomic E-state index is 12.4. The molecule has 0 aliphatic rings. The van der Waals surface area contributed by atoms with Gasteiger partial charge in [-0.2, -0.15) is 5.26 Å². The molecule has 0 aliphatic carbocycles. The second-order valence-corrected chi connectivity index (χ2v) is 5.58. The fourth-order valence-electron chi connectivity index (χ4n) is 1.76.